The zero-order valence-electron chi connectivity index (χ0n) is 13.5. The molecule has 0 atom stereocenters. The average Bonchev–Trinajstić information content (AvgIpc) is 2.58. The second-order valence-corrected chi connectivity index (χ2v) is 7.42. The number of aromatic hydroxyl groups is 1. The Morgan fingerprint density at radius 3 is 2.59 bits per heavy atom. The molecule has 0 aromatic heterocycles. The number of halogens is 2. The van der Waals surface area contributed by atoms with Crippen LogP contribution in [-0.4, -0.2) is 36.2 Å². The van der Waals surface area contributed by atoms with Crippen LogP contribution >= 0.6 is 23.2 Å². The van der Waals surface area contributed by atoms with E-state index in [-0.39, 0.29) is 40.7 Å². The van der Waals surface area contributed by atoms with E-state index in [1.54, 1.807) is 0 Å². The smallest absolute Gasteiger partial charge is 0.466 e. The molecule has 11 heteroatoms. The van der Waals surface area contributed by atoms with Gasteiger partial charge in [0.1, 0.15) is 5.75 Å². The van der Waals surface area contributed by atoms with Gasteiger partial charge in [0.25, 0.3) is 5.91 Å². The molecule has 0 fully saturated rings. The monoisotopic (exact) mass is 430 g/mol. The summed E-state index contributed by atoms with van der Waals surface area (Å²) in [5.74, 6) is -0.538. The van der Waals surface area contributed by atoms with Crippen LogP contribution in [0.5, 0.6) is 5.75 Å². The third kappa shape index (κ3) is 4.33. The van der Waals surface area contributed by atoms with E-state index in [1.165, 1.54) is 41.3 Å². The standard InChI is InChI=1S/C16H12Cl2N2O6S/c17-9-1-3-11(13(18)7-9)16(22)20-6-5-14(19-26-27(23,24)25)12-4-2-10(21)8-15(12)20/h1-4,7-8,21H,5-6H2,(H,23,24,25)/b19-14+. The Morgan fingerprint density at radius 1 is 1.19 bits per heavy atom. The Kier molecular flexibility index (Phi) is 5.29. The van der Waals surface area contributed by atoms with Crippen molar-refractivity contribution in [3.8, 4) is 5.75 Å². The van der Waals surface area contributed by atoms with Gasteiger partial charge in [-0.25, -0.2) is 4.28 Å². The van der Waals surface area contributed by atoms with Gasteiger partial charge < -0.3 is 10.0 Å². The van der Waals surface area contributed by atoms with Crippen LogP contribution in [0.4, 0.5) is 5.69 Å². The summed E-state index contributed by atoms with van der Waals surface area (Å²) in [7, 11) is -4.76. The van der Waals surface area contributed by atoms with E-state index >= 15 is 0 Å². The molecule has 2 aromatic carbocycles. The van der Waals surface area contributed by atoms with Crippen molar-refractivity contribution in [3.05, 3.63) is 57.6 Å². The maximum atomic E-state index is 12.9. The minimum atomic E-state index is -4.76. The Labute approximate surface area is 164 Å². The molecule has 2 aromatic rings. The molecule has 3 rings (SSSR count). The molecule has 0 unspecified atom stereocenters. The topological polar surface area (TPSA) is 117 Å². The van der Waals surface area contributed by atoms with E-state index in [2.05, 4.69) is 9.44 Å². The van der Waals surface area contributed by atoms with E-state index in [0.29, 0.717) is 10.6 Å². The molecule has 142 valence electrons. The van der Waals surface area contributed by atoms with E-state index < -0.39 is 16.3 Å². The maximum Gasteiger partial charge on any atom is 0.466 e. The van der Waals surface area contributed by atoms with Gasteiger partial charge in [-0.15, -0.1) is 0 Å². The van der Waals surface area contributed by atoms with Gasteiger partial charge in [0.05, 0.1) is 22.0 Å². The van der Waals surface area contributed by atoms with Crippen LogP contribution in [0.15, 0.2) is 41.6 Å². The molecule has 0 aliphatic carbocycles. The Balaban J connectivity index is 2.03. The fourth-order valence-electron chi connectivity index (χ4n) is 2.67. The predicted octanol–water partition coefficient (Wildman–Crippen LogP) is 3.27. The van der Waals surface area contributed by atoms with Gasteiger partial charge >= 0.3 is 10.4 Å². The summed E-state index contributed by atoms with van der Waals surface area (Å²) in [4.78, 5) is 14.3. The number of carbonyl (C=O) groups excluding carboxylic acids is 1. The number of nitrogens with zero attached hydrogens (tertiary/aromatic N) is 2. The number of rotatable bonds is 3. The molecule has 27 heavy (non-hydrogen) atoms. The lowest BCUT2D eigenvalue weighted by Gasteiger charge is -2.30. The lowest BCUT2D eigenvalue weighted by molar-refractivity contribution is 0.0987. The van der Waals surface area contributed by atoms with E-state index in [4.69, 9.17) is 27.8 Å². The number of fused-ring (bicyclic) bond motifs is 1. The number of phenols is 1. The van der Waals surface area contributed by atoms with Crippen LogP contribution < -0.4 is 4.90 Å². The van der Waals surface area contributed by atoms with Crippen molar-refractivity contribution in [3.63, 3.8) is 0 Å². The first kappa shape index (κ1) is 19.4. The first-order valence-corrected chi connectivity index (χ1v) is 9.61. The Morgan fingerprint density at radius 2 is 1.93 bits per heavy atom. The van der Waals surface area contributed by atoms with Crippen LogP contribution in [0.2, 0.25) is 10.0 Å². The first-order valence-electron chi connectivity index (χ1n) is 7.49. The molecule has 1 aliphatic rings. The normalized spacial score (nSPS) is 15.5. The molecule has 8 nitrogen and oxygen atoms in total. The Bertz CT molecular complexity index is 1050. The highest BCUT2D eigenvalue weighted by Gasteiger charge is 2.29. The molecule has 0 spiro atoms. The van der Waals surface area contributed by atoms with Crippen molar-refractivity contribution in [2.24, 2.45) is 5.16 Å². The van der Waals surface area contributed by atoms with E-state index in [0.717, 1.165) is 0 Å². The van der Waals surface area contributed by atoms with Crippen molar-refractivity contribution in [2.45, 2.75) is 6.42 Å². The molecular formula is C16H12Cl2N2O6S. The van der Waals surface area contributed by atoms with Gasteiger partial charge in [-0.2, -0.15) is 8.42 Å². The van der Waals surface area contributed by atoms with Gasteiger partial charge in [0.15, 0.2) is 0 Å². The summed E-state index contributed by atoms with van der Waals surface area (Å²) in [5.41, 5.74) is 1.05. The number of phenolic OH excluding ortho intramolecular Hbond substituents is 1. The number of anilines is 1. The summed E-state index contributed by atoms with van der Waals surface area (Å²) in [5, 5.41) is 13.8. The lowest BCUT2D eigenvalue weighted by Crippen LogP contribution is -2.37. The molecule has 0 saturated heterocycles. The number of hydrogen-bond donors (Lipinski definition) is 2. The summed E-state index contributed by atoms with van der Waals surface area (Å²) >= 11 is 12.0. The zero-order valence-corrected chi connectivity index (χ0v) is 15.8. The van der Waals surface area contributed by atoms with Gasteiger partial charge in [0, 0.05) is 29.6 Å². The summed E-state index contributed by atoms with van der Waals surface area (Å²) in [6.07, 6.45) is 0.143. The van der Waals surface area contributed by atoms with Crippen LogP contribution in [0, 0.1) is 0 Å². The molecule has 1 heterocycles. The Hall–Kier alpha value is -2.33. The van der Waals surface area contributed by atoms with Crippen LogP contribution in [0.25, 0.3) is 0 Å². The average molecular weight is 431 g/mol. The summed E-state index contributed by atoms with van der Waals surface area (Å²) in [6.45, 7) is 0.113. The molecule has 1 aliphatic heterocycles. The van der Waals surface area contributed by atoms with E-state index in [1.807, 2.05) is 0 Å². The second kappa shape index (κ2) is 7.35. The van der Waals surface area contributed by atoms with Crippen LogP contribution in [0.1, 0.15) is 22.3 Å². The van der Waals surface area contributed by atoms with Gasteiger partial charge in [-0.05, 0) is 30.3 Å². The minimum Gasteiger partial charge on any atom is -0.508 e. The number of hydrogen-bond acceptors (Lipinski definition) is 6. The third-order valence-corrected chi connectivity index (χ3v) is 4.61. The molecule has 2 N–H and O–H groups in total. The largest absolute Gasteiger partial charge is 0.508 e. The highest BCUT2D eigenvalue weighted by atomic mass is 35.5. The SMILES string of the molecule is O=C(c1ccc(Cl)cc1Cl)N1CC/C(=N\OS(=O)(=O)O)c2ccc(O)cc21. The fourth-order valence-corrected chi connectivity index (χ4v) is 3.34. The molecule has 0 saturated carbocycles. The fraction of sp³-hybridized carbons (Fsp3) is 0.125. The zero-order chi connectivity index (χ0) is 19.8. The van der Waals surface area contributed by atoms with Crippen molar-refractivity contribution < 1.29 is 27.2 Å². The predicted molar refractivity (Wildman–Crippen MR) is 100 cm³/mol. The molecular weight excluding hydrogens is 419 g/mol. The van der Waals surface area contributed by atoms with Crippen molar-refractivity contribution in [1.82, 2.24) is 0 Å². The summed E-state index contributed by atoms with van der Waals surface area (Å²) < 4.78 is 34.3. The van der Waals surface area contributed by atoms with Crippen molar-refractivity contribution in [2.75, 3.05) is 11.4 Å². The van der Waals surface area contributed by atoms with Crippen LogP contribution in [-0.2, 0) is 14.7 Å². The van der Waals surface area contributed by atoms with Crippen molar-refractivity contribution >= 4 is 50.9 Å². The number of amides is 1. The number of benzene rings is 2. The highest BCUT2D eigenvalue weighted by Crippen LogP contribution is 2.33. The van der Waals surface area contributed by atoms with Gasteiger partial charge in [0.2, 0.25) is 0 Å². The molecule has 0 radical (unpaired) electrons. The van der Waals surface area contributed by atoms with Crippen molar-refractivity contribution in [1.29, 1.82) is 0 Å². The van der Waals surface area contributed by atoms with Crippen LogP contribution in [0.3, 0.4) is 0 Å². The van der Waals surface area contributed by atoms with E-state index in [9.17, 15) is 18.3 Å². The lowest BCUT2D eigenvalue weighted by atomic mass is 9.98. The first-order chi connectivity index (χ1) is 12.7. The summed E-state index contributed by atoms with van der Waals surface area (Å²) in [6, 6.07) is 8.60. The third-order valence-electron chi connectivity index (χ3n) is 3.80. The maximum absolute atomic E-state index is 12.9. The van der Waals surface area contributed by atoms with Gasteiger partial charge in [-0.3, -0.25) is 9.35 Å². The van der Waals surface area contributed by atoms with Gasteiger partial charge in [-0.1, -0.05) is 28.4 Å². The molecule has 0 bridgehead atoms. The second-order valence-electron chi connectivity index (χ2n) is 5.57. The number of oxime groups is 1. The highest BCUT2D eigenvalue weighted by molar-refractivity contribution is 7.80. The minimum absolute atomic E-state index is 0.106. The number of carbonyl (C=O) groups is 1. The molecule has 1 amide bonds. The quantitative estimate of drug-likeness (QED) is 0.569.